The molecular formula is C22H34IN5O. The molecule has 0 radical (unpaired) electrons. The third kappa shape index (κ3) is 8.34. The van der Waals surface area contributed by atoms with Crippen LogP contribution in [0.15, 0.2) is 47.7 Å². The Morgan fingerprint density at radius 2 is 1.90 bits per heavy atom. The van der Waals surface area contributed by atoms with E-state index in [0.29, 0.717) is 19.3 Å². The monoisotopic (exact) mass is 511 g/mol. The maximum Gasteiger partial charge on any atom is 0.191 e. The van der Waals surface area contributed by atoms with Gasteiger partial charge >= 0.3 is 0 Å². The van der Waals surface area contributed by atoms with Crippen LogP contribution in [0.5, 0.6) is 0 Å². The number of rotatable bonds is 8. The zero-order chi connectivity index (χ0) is 19.4. The number of imidazole rings is 1. The van der Waals surface area contributed by atoms with Crippen LogP contribution in [-0.4, -0.2) is 41.8 Å². The van der Waals surface area contributed by atoms with Crippen molar-refractivity contribution in [2.24, 2.45) is 4.99 Å². The predicted octanol–water partition coefficient (Wildman–Crippen LogP) is 3.95. The van der Waals surface area contributed by atoms with Crippen LogP contribution in [0.4, 0.5) is 0 Å². The minimum absolute atomic E-state index is 0. The van der Waals surface area contributed by atoms with Crippen molar-refractivity contribution >= 4 is 29.9 Å². The number of guanidine groups is 1. The summed E-state index contributed by atoms with van der Waals surface area (Å²) >= 11 is 0. The van der Waals surface area contributed by atoms with E-state index in [2.05, 4.69) is 49.4 Å². The zero-order valence-electron chi connectivity index (χ0n) is 17.3. The van der Waals surface area contributed by atoms with Gasteiger partial charge in [0.2, 0.25) is 0 Å². The number of aliphatic imine (C=N–C) groups is 1. The Morgan fingerprint density at radius 1 is 1.14 bits per heavy atom. The highest BCUT2D eigenvalue weighted by Crippen LogP contribution is 2.19. The van der Waals surface area contributed by atoms with Crippen LogP contribution in [0.3, 0.4) is 0 Å². The third-order valence-electron chi connectivity index (χ3n) is 5.19. The first-order valence-corrected chi connectivity index (χ1v) is 10.4. The number of aromatic nitrogens is 2. The Labute approximate surface area is 191 Å². The molecule has 1 saturated carbocycles. The SMILES string of the molecule is CN=C(NCCOC1CCCCCC1)NCc1nccn1Cc1ccccc1.I. The number of nitrogens with one attached hydrogen (secondary N) is 2. The molecule has 1 aliphatic carbocycles. The summed E-state index contributed by atoms with van der Waals surface area (Å²) in [7, 11) is 1.79. The van der Waals surface area contributed by atoms with Crippen LogP contribution in [0.2, 0.25) is 0 Å². The highest BCUT2D eigenvalue weighted by atomic mass is 127. The molecule has 0 aliphatic heterocycles. The lowest BCUT2D eigenvalue weighted by atomic mass is 10.1. The van der Waals surface area contributed by atoms with E-state index >= 15 is 0 Å². The van der Waals surface area contributed by atoms with Crippen LogP contribution in [0.25, 0.3) is 0 Å². The first kappa shape index (κ1) is 23.7. The third-order valence-corrected chi connectivity index (χ3v) is 5.19. The Kier molecular flexibility index (Phi) is 11.1. The average molecular weight is 511 g/mol. The van der Waals surface area contributed by atoms with Gasteiger partial charge in [-0.3, -0.25) is 4.99 Å². The van der Waals surface area contributed by atoms with Crippen molar-refractivity contribution in [2.75, 3.05) is 20.2 Å². The summed E-state index contributed by atoms with van der Waals surface area (Å²) in [5.41, 5.74) is 1.26. The van der Waals surface area contributed by atoms with Crippen molar-refractivity contribution in [1.82, 2.24) is 20.2 Å². The second-order valence-electron chi connectivity index (χ2n) is 7.29. The molecule has 2 aromatic rings. The minimum atomic E-state index is 0. The number of hydrogen-bond donors (Lipinski definition) is 2. The van der Waals surface area contributed by atoms with E-state index in [-0.39, 0.29) is 24.0 Å². The van der Waals surface area contributed by atoms with Gasteiger partial charge in [-0.2, -0.15) is 0 Å². The maximum absolute atomic E-state index is 6.03. The molecule has 1 aromatic carbocycles. The van der Waals surface area contributed by atoms with Crippen LogP contribution in [-0.2, 0) is 17.8 Å². The standard InChI is InChI=1S/C22H33N5O.HI/c1-23-22(25-14-16-28-20-11-7-2-3-8-12-20)26-17-21-24-13-15-27(21)18-19-9-5-4-6-10-19;/h4-6,9-10,13,15,20H,2-3,7-8,11-12,14,16-18H2,1H3,(H2,23,25,26);1H. The Hall–Kier alpha value is -1.61. The lowest BCUT2D eigenvalue weighted by Gasteiger charge is -2.17. The molecule has 1 aromatic heterocycles. The predicted molar refractivity (Wildman–Crippen MR) is 129 cm³/mol. The van der Waals surface area contributed by atoms with Gasteiger partial charge in [0.15, 0.2) is 5.96 Å². The summed E-state index contributed by atoms with van der Waals surface area (Å²) in [5.74, 6) is 1.76. The van der Waals surface area contributed by atoms with Gasteiger partial charge in [0, 0.05) is 32.5 Å². The van der Waals surface area contributed by atoms with Gasteiger partial charge in [-0.1, -0.05) is 56.0 Å². The lowest BCUT2D eigenvalue weighted by Crippen LogP contribution is -2.39. The number of ether oxygens (including phenoxy) is 1. The van der Waals surface area contributed by atoms with E-state index in [1.165, 1.54) is 44.1 Å². The molecule has 1 aliphatic rings. The Balaban J connectivity index is 0.00000300. The number of hydrogen-bond acceptors (Lipinski definition) is 3. The van der Waals surface area contributed by atoms with E-state index in [9.17, 15) is 0 Å². The van der Waals surface area contributed by atoms with Gasteiger partial charge < -0.3 is 19.9 Å². The van der Waals surface area contributed by atoms with Gasteiger partial charge in [-0.05, 0) is 18.4 Å². The summed E-state index contributed by atoms with van der Waals surface area (Å²) in [4.78, 5) is 8.78. The first-order chi connectivity index (χ1) is 13.8. The molecule has 0 bridgehead atoms. The topological polar surface area (TPSA) is 63.5 Å². The van der Waals surface area contributed by atoms with Crippen LogP contribution in [0, 0.1) is 0 Å². The molecule has 1 heterocycles. The van der Waals surface area contributed by atoms with Crippen LogP contribution >= 0.6 is 24.0 Å². The molecule has 0 atom stereocenters. The lowest BCUT2D eigenvalue weighted by molar-refractivity contribution is 0.0468. The van der Waals surface area contributed by atoms with Gasteiger partial charge in [0.1, 0.15) is 5.82 Å². The van der Waals surface area contributed by atoms with Gasteiger partial charge in [0.05, 0.1) is 19.3 Å². The molecule has 7 heteroatoms. The molecule has 29 heavy (non-hydrogen) atoms. The minimum Gasteiger partial charge on any atom is -0.376 e. The van der Waals surface area contributed by atoms with Gasteiger partial charge in [-0.25, -0.2) is 4.98 Å². The fraction of sp³-hybridized carbons (Fsp3) is 0.545. The fourth-order valence-electron chi connectivity index (χ4n) is 3.62. The van der Waals surface area contributed by atoms with Gasteiger partial charge in [-0.15, -0.1) is 24.0 Å². The van der Waals surface area contributed by atoms with Crippen molar-refractivity contribution in [3.05, 3.63) is 54.1 Å². The number of nitrogens with zero attached hydrogens (tertiary/aromatic N) is 3. The summed E-state index contributed by atoms with van der Waals surface area (Å²) in [5, 5.41) is 6.68. The van der Waals surface area contributed by atoms with Crippen LogP contribution < -0.4 is 10.6 Å². The molecule has 2 N–H and O–H groups in total. The van der Waals surface area contributed by atoms with Crippen molar-refractivity contribution in [2.45, 2.75) is 57.7 Å². The van der Waals surface area contributed by atoms with E-state index < -0.39 is 0 Å². The molecule has 0 saturated heterocycles. The molecule has 6 nitrogen and oxygen atoms in total. The smallest absolute Gasteiger partial charge is 0.191 e. The highest BCUT2D eigenvalue weighted by molar-refractivity contribution is 14.0. The molecule has 0 amide bonds. The summed E-state index contributed by atoms with van der Waals surface area (Å²) < 4.78 is 8.19. The molecular weight excluding hydrogens is 477 g/mol. The normalized spacial score (nSPS) is 15.4. The average Bonchev–Trinajstić information content (AvgIpc) is 3.00. The molecule has 160 valence electrons. The molecule has 0 spiro atoms. The molecule has 3 rings (SSSR count). The summed E-state index contributed by atoms with van der Waals surface area (Å²) in [6.07, 6.45) is 12.0. The fourth-order valence-corrected chi connectivity index (χ4v) is 3.62. The number of benzene rings is 1. The Bertz CT molecular complexity index is 711. The molecule has 0 unspecified atom stereocenters. The zero-order valence-corrected chi connectivity index (χ0v) is 19.7. The van der Waals surface area contributed by atoms with Crippen LogP contribution in [0.1, 0.15) is 49.9 Å². The largest absolute Gasteiger partial charge is 0.376 e. The van der Waals surface area contributed by atoms with Gasteiger partial charge in [0.25, 0.3) is 0 Å². The van der Waals surface area contributed by atoms with Crippen molar-refractivity contribution in [3.63, 3.8) is 0 Å². The second-order valence-corrected chi connectivity index (χ2v) is 7.29. The van der Waals surface area contributed by atoms with Crippen molar-refractivity contribution < 1.29 is 4.74 Å². The number of halogens is 1. The Morgan fingerprint density at radius 3 is 2.62 bits per heavy atom. The van der Waals surface area contributed by atoms with E-state index in [1.54, 1.807) is 7.05 Å². The van der Waals surface area contributed by atoms with Crippen molar-refractivity contribution in [3.8, 4) is 0 Å². The summed E-state index contributed by atoms with van der Waals surface area (Å²) in [6.45, 7) is 2.92. The van der Waals surface area contributed by atoms with E-state index in [0.717, 1.165) is 24.9 Å². The summed E-state index contributed by atoms with van der Waals surface area (Å²) in [6, 6.07) is 10.4. The molecule has 1 fully saturated rings. The second kappa shape index (κ2) is 13.6. The quantitative estimate of drug-likeness (QED) is 0.185. The first-order valence-electron chi connectivity index (χ1n) is 10.4. The highest BCUT2D eigenvalue weighted by Gasteiger charge is 2.12. The van der Waals surface area contributed by atoms with E-state index in [1.807, 2.05) is 18.5 Å². The maximum atomic E-state index is 6.03. The van der Waals surface area contributed by atoms with Crippen molar-refractivity contribution in [1.29, 1.82) is 0 Å². The van der Waals surface area contributed by atoms with E-state index in [4.69, 9.17) is 4.74 Å².